The van der Waals surface area contributed by atoms with Gasteiger partial charge in [-0.2, -0.15) is 0 Å². The van der Waals surface area contributed by atoms with Crippen molar-refractivity contribution >= 4 is 17.7 Å². The number of aliphatic carboxylic acids is 1. The molecule has 2 unspecified atom stereocenters. The number of hydrogen-bond acceptors (Lipinski definition) is 3. The van der Waals surface area contributed by atoms with Gasteiger partial charge in [-0.25, -0.2) is 9.18 Å². The van der Waals surface area contributed by atoms with E-state index < -0.39 is 11.5 Å². The molecule has 0 heterocycles. The molecule has 66 valence electrons. The Labute approximate surface area is 69.1 Å². The maximum Gasteiger partial charge on any atom is 0.348 e. The fraction of sp³-hybridized carbons (Fsp3) is 0.833. The number of nitrogens with two attached hydrogens (primary N) is 1. The summed E-state index contributed by atoms with van der Waals surface area (Å²) in [6, 6.07) is 0. The summed E-state index contributed by atoms with van der Waals surface area (Å²) >= 11 is 0.771. The Balaban J connectivity index is 3.45. The number of alkyl halides is 1. The van der Waals surface area contributed by atoms with E-state index in [0.29, 0.717) is 12.3 Å². The number of carbonyl (C=O) groups is 1. The third-order valence-electron chi connectivity index (χ3n) is 1.12. The third kappa shape index (κ3) is 5.03. The number of hydrogen-bond donors (Lipinski definition) is 2. The molecule has 0 bridgehead atoms. The van der Waals surface area contributed by atoms with Crippen LogP contribution >= 0.6 is 11.8 Å². The second-order valence-electron chi connectivity index (χ2n) is 2.33. The Kier molecular flexibility index (Phi) is 5.23. The SMILES string of the molecule is CC(CN)CSC(F)C(=O)O. The number of thioether (sulfide) groups is 1. The van der Waals surface area contributed by atoms with Crippen molar-refractivity contribution < 1.29 is 14.3 Å². The van der Waals surface area contributed by atoms with Gasteiger partial charge in [-0.15, -0.1) is 11.8 Å². The third-order valence-corrected chi connectivity index (χ3v) is 2.38. The zero-order valence-electron chi connectivity index (χ0n) is 6.29. The number of carboxylic acid groups (broad SMARTS) is 1. The van der Waals surface area contributed by atoms with Crippen LogP contribution in [0.3, 0.4) is 0 Å². The van der Waals surface area contributed by atoms with E-state index in [1.165, 1.54) is 0 Å². The molecule has 0 aliphatic heterocycles. The van der Waals surface area contributed by atoms with Crippen LogP contribution in [0.2, 0.25) is 0 Å². The van der Waals surface area contributed by atoms with Crippen LogP contribution in [0, 0.1) is 5.92 Å². The van der Waals surface area contributed by atoms with Gasteiger partial charge in [0.1, 0.15) is 0 Å². The monoisotopic (exact) mass is 181 g/mol. The number of halogens is 1. The van der Waals surface area contributed by atoms with Crippen molar-refractivity contribution in [3.63, 3.8) is 0 Å². The molecule has 0 fully saturated rings. The van der Waals surface area contributed by atoms with Crippen LogP contribution in [0.4, 0.5) is 4.39 Å². The summed E-state index contributed by atoms with van der Waals surface area (Å²) in [4.78, 5) is 9.97. The fourth-order valence-corrected chi connectivity index (χ4v) is 1.16. The maximum atomic E-state index is 12.3. The lowest BCUT2D eigenvalue weighted by molar-refractivity contribution is -0.139. The van der Waals surface area contributed by atoms with Gasteiger partial charge in [0, 0.05) is 5.75 Å². The van der Waals surface area contributed by atoms with Crippen molar-refractivity contribution in [1.82, 2.24) is 0 Å². The van der Waals surface area contributed by atoms with Gasteiger partial charge in [0.15, 0.2) is 0 Å². The van der Waals surface area contributed by atoms with Crippen LogP contribution in [-0.2, 0) is 4.79 Å². The summed E-state index contributed by atoms with van der Waals surface area (Å²) < 4.78 is 12.3. The van der Waals surface area contributed by atoms with Crippen molar-refractivity contribution in [1.29, 1.82) is 0 Å². The van der Waals surface area contributed by atoms with Gasteiger partial charge in [-0.05, 0) is 12.5 Å². The standard InChI is InChI=1S/C6H12FNO2S/c1-4(2-8)3-11-5(7)6(9)10/h4-5H,2-3,8H2,1H3,(H,9,10). The maximum absolute atomic E-state index is 12.3. The largest absolute Gasteiger partial charge is 0.478 e. The Morgan fingerprint density at radius 3 is 2.73 bits per heavy atom. The molecule has 0 aliphatic rings. The van der Waals surface area contributed by atoms with Gasteiger partial charge in [0.2, 0.25) is 5.50 Å². The molecular formula is C6H12FNO2S. The molecule has 0 radical (unpaired) electrons. The average molecular weight is 181 g/mol. The summed E-state index contributed by atoms with van der Waals surface area (Å²) in [7, 11) is 0. The topological polar surface area (TPSA) is 63.3 Å². The smallest absolute Gasteiger partial charge is 0.348 e. The molecule has 3 N–H and O–H groups in total. The lowest BCUT2D eigenvalue weighted by atomic mass is 10.2. The van der Waals surface area contributed by atoms with Crippen LogP contribution in [0.1, 0.15) is 6.92 Å². The van der Waals surface area contributed by atoms with Gasteiger partial charge < -0.3 is 10.8 Å². The van der Waals surface area contributed by atoms with Crippen LogP contribution in [0.5, 0.6) is 0 Å². The molecule has 11 heavy (non-hydrogen) atoms. The van der Waals surface area contributed by atoms with Crippen LogP contribution in [0.15, 0.2) is 0 Å². The molecule has 3 nitrogen and oxygen atoms in total. The Morgan fingerprint density at radius 2 is 2.36 bits per heavy atom. The summed E-state index contributed by atoms with van der Waals surface area (Å²) in [6.45, 7) is 2.31. The molecule has 0 aromatic rings. The van der Waals surface area contributed by atoms with Crippen LogP contribution in [-0.4, -0.2) is 28.9 Å². The van der Waals surface area contributed by atoms with Gasteiger partial charge in [-0.3, -0.25) is 0 Å². The molecular weight excluding hydrogens is 169 g/mol. The van der Waals surface area contributed by atoms with Crippen molar-refractivity contribution in [3.05, 3.63) is 0 Å². The van der Waals surface area contributed by atoms with Crippen molar-refractivity contribution in [2.75, 3.05) is 12.3 Å². The first-order chi connectivity index (χ1) is 5.07. The molecule has 0 saturated heterocycles. The zero-order chi connectivity index (χ0) is 8.85. The summed E-state index contributed by atoms with van der Waals surface area (Å²) in [5.41, 5.74) is 3.44. The first-order valence-corrected chi connectivity index (χ1v) is 4.31. The minimum absolute atomic E-state index is 0.164. The highest BCUT2D eigenvalue weighted by Gasteiger charge is 2.16. The molecule has 5 heteroatoms. The normalized spacial score (nSPS) is 15.9. The van der Waals surface area contributed by atoms with E-state index in [9.17, 15) is 9.18 Å². The lowest BCUT2D eigenvalue weighted by Gasteiger charge is -2.07. The summed E-state index contributed by atoms with van der Waals surface area (Å²) in [6.07, 6.45) is 0. The number of rotatable bonds is 5. The Bertz CT molecular complexity index is 134. The van der Waals surface area contributed by atoms with Crippen molar-refractivity contribution in [2.24, 2.45) is 11.7 Å². The van der Waals surface area contributed by atoms with Gasteiger partial charge >= 0.3 is 5.97 Å². The predicted octanol–water partition coefficient (Wildman–Crippen LogP) is 0.695. The quantitative estimate of drug-likeness (QED) is 0.655. The summed E-state index contributed by atoms with van der Waals surface area (Å²) in [5, 5.41) is 8.14. The highest BCUT2D eigenvalue weighted by Crippen LogP contribution is 2.15. The molecule has 0 spiro atoms. The first kappa shape index (κ1) is 10.7. The molecule has 0 aliphatic carbocycles. The van der Waals surface area contributed by atoms with E-state index in [2.05, 4.69) is 0 Å². The number of carboxylic acids is 1. The highest BCUT2D eigenvalue weighted by molar-refractivity contribution is 8.00. The Morgan fingerprint density at radius 1 is 1.82 bits per heavy atom. The van der Waals surface area contributed by atoms with E-state index in [1.807, 2.05) is 6.92 Å². The average Bonchev–Trinajstić information content (AvgIpc) is 1.99. The molecule has 0 amide bonds. The van der Waals surface area contributed by atoms with Crippen LogP contribution < -0.4 is 5.73 Å². The van der Waals surface area contributed by atoms with Gasteiger partial charge in [-0.1, -0.05) is 6.92 Å². The van der Waals surface area contributed by atoms with Crippen molar-refractivity contribution in [3.8, 4) is 0 Å². The molecule has 0 saturated carbocycles. The lowest BCUT2D eigenvalue weighted by Crippen LogP contribution is -2.17. The predicted molar refractivity (Wildman–Crippen MR) is 43.2 cm³/mol. The minimum Gasteiger partial charge on any atom is -0.478 e. The van der Waals surface area contributed by atoms with Gasteiger partial charge in [0.05, 0.1) is 0 Å². The second kappa shape index (κ2) is 5.37. The van der Waals surface area contributed by atoms with Crippen LogP contribution in [0.25, 0.3) is 0 Å². The molecule has 2 atom stereocenters. The van der Waals surface area contributed by atoms with Crippen molar-refractivity contribution in [2.45, 2.75) is 12.4 Å². The highest BCUT2D eigenvalue weighted by atomic mass is 32.2. The zero-order valence-corrected chi connectivity index (χ0v) is 7.10. The molecule has 0 aromatic carbocycles. The van der Waals surface area contributed by atoms with E-state index in [1.54, 1.807) is 0 Å². The van der Waals surface area contributed by atoms with Gasteiger partial charge in [0.25, 0.3) is 0 Å². The minimum atomic E-state index is -1.82. The van der Waals surface area contributed by atoms with E-state index in [0.717, 1.165) is 11.8 Å². The fourth-order valence-electron chi connectivity index (χ4n) is 0.388. The van der Waals surface area contributed by atoms with E-state index in [-0.39, 0.29) is 5.92 Å². The molecule has 0 rings (SSSR count). The first-order valence-electron chi connectivity index (χ1n) is 3.26. The molecule has 0 aromatic heterocycles. The van der Waals surface area contributed by atoms with E-state index >= 15 is 0 Å². The summed E-state index contributed by atoms with van der Waals surface area (Å²) in [5.74, 6) is -0.805. The second-order valence-corrected chi connectivity index (χ2v) is 3.41. The Hall–Kier alpha value is -0.290. The van der Waals surface area contributed by atoms with E-state index in [4.69, 9.17) is 10.8 Å².